The zero-order chi connectivity index (χ0) is 13.8. The second-order valence-electron chi connectivity index (χ2n) is 5.08. The van der Waals surface area contributed by atoms with Gasteiger partial charge in [0.25, 0.3) is 5.95 Å². The van der Waals surface area contributed by atoms with E-state index >= 15 is 0 Å². The van der Waals surface area contributed by atoms with Crippen LogP contribution in [0, 0.1) is 0 Å². The average molecular weight is 273 g/mol. The van der Waals surface area contributed by atoms with Crippen molar-refractivity contribution in [2.75, 3.05) is 18.1 Å². The van der Waals surface area contributed by atoms with Gasteiger partial charge in [-0.2, -0.15) is 4.68 Å². The van der Waals surface area contributed by atoms with Crippen molar-refractivity contribution in [3.8, 4) is 5.69 Å². The van der Waals surface area contributed by atoms with E-state index in [9.17, 15) is 0 Å². The number of benzene rings is 1. The summed E-state index contributed by atoms with van der Waals surface area (Å²) in [5.41, 5.74) is 0.973. The third kappa shape index (κ3) is 2.51. The van der Waals surface area contributed by atoms with Crippen LogP contribution >= 0.6 is 0 Å². The number of aliphatic hydroxyl groups is 1. The first kappa shape index (κ1) is 13.1. The van der Waals surface area contributed by atoms with E-state index in [-0.39, 0.29) is 6.61 Å². The molecule has 3 rings (SSSR count). The smallest absolute Gasteiger partial charge is 0.250 e. The van der Waals surface area contributed by atoms with Gasteiger partial charge in [-0.3, -0.25) is 0 Å². The molecule has 1 aliphatic heterocycles. The van der Waals surface area contributed by atoms with Crippen LogP contribution in [0.15, 0.2) is 30.3 Å². The van der Waals surface area contributed by atoms with Crippen molar-refractivity contribution in [2.24, 2.45) is 0 Å². The normalized spacial score (nSPS) is 18.6. The van der Waals surface area contributed by atoms with E-state index in [0.29, 0.717) is 6.04 Å². The highest BCUT2D eigenvalue weighted by Gasteiger charge is 2.28. The standard InChI is InChI=1S/C14H19N5O/c20-11-5-9-12-8-4-10-18(12)14-15-16-17-19(14)13-6-2-1-3-7-13/h1-3,6-7,12,20H,4-5,8-11H2. The molecule has 0 radical (unpaired) electrons. The molecule has 0 bridgehead atoms. The van der Waals surface area contributed by atoms with Crippen LogP contribution in [-0.2, 0) is 0 Å². The molecule has 1 aromatic heterocycles. The summed E-state index contributed by atoms with van der Waals surface area (Å²) in [5, 5.41) is 21.2. The Morgan fingerprint density at radius 3 is 2.90 bits per heavy atom. The molecule has 20 heavy (non-hydrogen) atoms. The van der Waals surface area contributed by atoms with Crippen LogP contribution in [0.4, 0.5) is 5.95 Å². The van der Waals surface area contributed by atoms with E-state index < -0.39 is 0 Å². The first-order chi connectivity index (χ1) is 9.90. The number of hydrogen-bond acceptors (Lipinski definition) is 5. The molecule has 2 aromatic rings. The molecule has 0 aliphatic carbocycles. The summed E-state index contributed by atoms with van der Waals surface area (Å²) in [7, 11) is 0. The van der Waals surface area contributed by atoms with Gasteiger partial charge >= 0.3 is 0 Å². The molecule has 1 atom stereocenters. The van der Waals surface area contributed by atoms with E-state index in [1.807, 2.05) is 30.3 Å². The van der Waals surface area contributed by atoms with Crippen LogP contribution in [0.25, 0.3) is 5.69 Å². The molecule has 6 heteroatoms. The second-order valence-corrected chi connectivity index (χ2v) is 5.08. The van der Waals surface area contributed by atoms with Gasteiger partial charge in [0.1, 0.15) is 0 Å². The molecule has 1 fully saturated rings. The molecule has 1 N–H and O–H groups in total. The van der Waals surface area contributed by atoms with E-state index in [0.717, 1.165) is 43.9 Å². The summed E-state index contributed by atoms with van der Waals surface area (Å²) in [6, 6.07) is 10.4. The minimum absolute atomic E-state index is 0.244. The lowest BCUT2D eigenvalue weighted by atomic mass is 10.1. The first-order valence-electron chi connectivity index (χ1n) is 7.11. The second kappa shape index (κ2) is 6.00. The third-order valence-corrected chi connectivity index (χ3v) is 3.78. The van der Waals surface area contributed by atoms with E-state index in [2.05, 4.69) is 20.4 Å². The first-order valence-corrected chi connectivity index (χ1v) is 7.11. The molecule has 106 valence electrons. The topological polar surface area (TPSA) is 67.1 Å². The van der Waals surface area contributed by atoms with Crippen molar-refractivity contribution in [2.45, 2.75) is 31.7 Å². The summed E-state index contributed by atoms with van der Waals surface area (Å²) < 4.78 is 1.79. The predicted octanol–water partition coefficient (Wildman–Crippen LogP) is 1.40. The average Bonchev–Trinajstić information content (AvgIpc) is 3.14. The van der Waals surface area contributed by atoms with Crippen molar-refractivity contribution in [3.63, 3.8) is 0 Å². The lowest BCUT2D eigenvalue weighted by Gasteiger charge is -2.24. The maximum absolute atomic E-state index is 9.01. The molecule has 0 spiro atoms. The van der Waals surface area contributed by atoms with Gasteiger partial charge in [-0.1, -0.05) is 23.3 Å². The maximum Gasteiger partial charge on any atom is 0.250 e. The lowest BCUT2D eigenvalue weighted by Crippen LogP contribution is -2.31. The van der Waals surface area contributed by atoms with E-state index in [1.54, 1.807) is 4.68 Å². The van der Waals surface area contributed by atoms with Gasteiger partial charge < -0.3 is 10.0 Å². The molecule has 0 amide bonds. The Kier molecular flexibility index (Phi) is 3.92. The van der Waals surface area contributed by atoms with Gasteiger partial charge in [0, 0.05) is 19.2 Å². The van der Waals surface area contributed by atoms with Crippen LogP contribution in [0.5, 0.6) is 0 Å². The van der Waals surface area contributed by atoms with Gasteiger partial charge in [-0.25, -0.2) is 0 Å². The Hall–Kier alpha value is -1.95. The highest BCUT2D eigenvalue weighted by molar-refractivity contribution is 5.42. The summed E-state index contributed by atoms with van der Waals surface area (Å²) in [6.45, 7) is 1.22. The number of aliphatic hydroxyl groups excluding tert-OH is 1. The van der Waals surface area contributed by atoms with Gasteiger partial charge in [0.2, 0.25) is 0 Å². The Morgan fingerprint density at radius 2 is 2.10 bits per heavy atom. The number of hydrogen-bond donors (Lipinski definition) is 1. The molecule has 2 heterocycles. The minimum atomic E-state index is 0.244. The van der Waals surface area contributed by atoms with Crippen molar-refractivity contribution in [1.82, 2.24) is 20.2 Å². The molecule has 1 aromatic carbocycles. The zero-order valence-corrected chi connectivity index (χ0v) is 11.4. The fourth-order valence-corrected chi connectivity index (χ4v) is 2.82. The highest BCUT2D eigenvalue weighted by Crippen LogP contribution is 2.27. The zero-order valence-electron chi connectivity index (χ0n) is 11.4. The lowest BCUT2D eigenvalue weighted by molar-refractivity contribution is 0.279. The Labute approximate surface area is 118 Å². The third-order valence-electron chi connectivity index (χ3n) is 3.78. The van der Waals surface area contributed by atoms with Gasteiger partial charge in [-0.05, 0) is 48.2 Å². The monoisotopic (exact) mass is 273 g/mol. The summed E-state index contributed by atoms with van der Waals surface area (Å²) in [6.07, 6.45) is 4.10. The number of anilines is 1. The number of para-hydroxylation sites is 1. The van der Waals surface area contributed by atoms with Crippen molar-refractivity contribution in [1.29, 1.82) is 0 Å². The fraction of sp³-hybridized carbons (Fsp3) is 0.500. The van der Waals surface area contributed by atoms with Gasteiger partial charge in [0.15, 0.2) is 0 Å². The molecule has 1 aliphatic rings. The molecular formula is C14H19N5O. The number of aromatic nitrogens is 4. The molecule has 1 saturated heterocycles. The van der Waals surface area contributed by atoms with Crippen LogP contribution in [-0.4, -0.2) is 44.5 Å². The van der Waals surface area contributed by atoms with Crippen molar-refractivity contribution in [3.05, 3.63) is 30.3 Å². The number of nitrogens with zero attached hydrogens (tertiary/aromatic N) is 5. The molecular weight excluding hydrogens is 254 g/mol. The molecule has 0 saturated carbocycles. The minimum Gasteiger partial charge on any atom is -0.396 e. The van der Waals surface area contributed by atoms with E-state index in [4.69, 9.17) is 5.11 Å². The summed E-state index contributed by atoms with van der Waals surface area (Å²) in [5.74, 6) is 0.802. The summed E-state index contributed by atoms with van der Waals surface area (Å²) in [4.78, 5) is 2.27. The van der Waals surface area contributed by atoms with Gasteiger partial charge in [0.05, 0.1) is 5.69 Å². The quantitative estimate of drug-likeness (QED) is 0.892. The van der Waals surface area contributed by atoms with Crippen LogP contribution in [0.2, 0.25) is 0 Å². The number of tetrazole rings is 1. The Morgan fingerprint density at radius 1 is 1.25 bits per heavy atom. The Balaban J connectivity index is 1.86. The van der Waals surface area contributed by atoms with Crippen molar-refractivity contribution >= 4 is 5.95 Å². The van der Waals surface area contributed by atoms with Crippen LogP contribution < -0.4 is 4.90 Å². The fourth-order valence-electron chi connectivity index (χ4n) is 2.82. The van der Waals surface area contributed by atoms with Gasteiger partial charge in [-0.15, -0.1) is 0 Å². The predicted molar refractivity (Wildman–Crippen MR) is 75.8 cm³/mol. The van der Waals surface area contributed by atoms with Crippen molar-refractivity contribution < 1.29 is 5.11 Å². The van der Waals surface area contributed by atoms with Crippen LogP contribution in [0.3, 0.4) is 0 Å². The maximum atomic E-state index is 9.01. The van der Waals surface area contributed by atoms with Crippen LogP contribution in [0.1, 0.15) is 25.7 Å². The van der Waals surface area contributed by atoms with E-state index in [1.165, 1.54) is 0 Å². The Bertz CT molecular complexity index is 542. The largest absolute Gasteiger partial charge is 0.396 e. The number of rotatable bonds is 5. The summed E-state index contributed by atoms with van der Waals surface area (Å²) >= 11 is 0. The molecule has 6 nitrogen and oxygen atoms in total. The SMILES string of the molecule is OCCCC1CCCN1c1nnnn1-c1ccccc1. The molecule has 1 unspecified atom stereocenters. The highest BCUT2D eigenvalue weighted by atomic mass is 16.2.